The standard InChI is InChI=1S/C9H15F3O2/c10-9(11,12)4-7-13-6-3-8-2-1-5-14-8/h8H,1-7H2. The Kier molecular flexibility index (Phi) is 4.68. The first-order valence-electron chi connectivity index (χ1n) is 4.84. The monoisotopic (exact) mass is 212 g/mol. The van der Waals surface area contributed by atoms with Crippen LogP contribution in [0.25, 0.3) is 0 Å². The molecule has 0 aromatic carbocycles. The lowest BCUT2D eigenvalue weighted by Gasteiger charge is -2.10. The molecule has 0 aromatic heterocycles. The van der Waals surface area contributed by atoms with E-state index in [1.165, 1.54) is 0 Å². The van der Waals surface area contributed by atoms with Crippen LogP contribution in [0.2, 0.25) is 0 Å². The van der Waals surface area contributed by atoms with Gasteiger partial charge >= 0.3 is 6.18 Å². The third-order valence-corrected chi connectivity index (χ3v) is 2.14. The molecule has 0 aromatic rings. The fourth-order valence-electron chi connectivity index (χ4n) is 1.38. The van der Waals surface area contributed by atoms with Gasteiger partial charge in [0.15, 0.2) is 0 Å². The summed E-state index contributed by atoms with van der Waals surface area (Å²) >= 11 is 0. The van der Waals surface area contributed by atoms with E-state index in [-0.39, 0.29) is 12.7 Å². The van der Waals surface area contributed by atoms with Crippen LogP contribution >= 0.6 is 0 Å². The molecule has 5 heteroatoms. The third kappa shape index (κ3) is 5.44. The molecule has 84 valence electrons. The number of hydrogen-bond acceptors (Lipinski definition) is 2. The molecule has 1 aliphatic rings. The highest BCUT2D eigenvalue weighted by molar-refractivity contribution is 4.63. The van der Waals surface area contributed by atoms with Gasteiger partial charge in [-0.25, -0.2) is 0 Å². The summed E-state index contributed by atoms with van der Waals surface area (Å²) in [4.78, 5) is 0. The Hall–Kier alpha value is -0.290. The van der Waals surface area contributed by atoms with Gasteiger partial charge < -0.3 is 9.47 Å². The topological polar surface area (TPSA) is 18.5 Å². The molecule has 1 heterocycles. The van der Waals surface area contributed by atoms with Gasteiger partial charge in [-0.2, -0.15) is 13.2 Å². The Morgan fingerprint density at radius 1 is 1.29 bits per heavy atom. The highest BCUT2D eigenvalue weighted by Crippen LogP contribution is 2.19. The first kappa shape index (κ1) is 11.8. The molecule has 14 heavy (non-hydrogen) atoms. The van der Waals surface area contributed by atoms with E-state index in [0.717, 1.165) is 19.4 Å². The van der Waals surface area contributed by atoms with Crippen LogP contribution in [0.3, 0.4) is 0 Å². The Balaban J connectivity index is 1.89. The summed E-state index contributed by atoms with van der Waals surface area (Å²) in [5, 5.41) is 0. The number of rotatable bonds is 5. The average Bonchev–Trinajstić information content (AvgIpc) is 2.54. The molecule has 1 fully saturated rings. The van der Waals surface area contributed by atoms with Gasteiger partial charge in [0.05, 0.1) is 19.1 Å². The molecule has 0 spiro atoms. The van der Waals surface area contributed by atoms with Gasteiger partial charge in [0.25, 0.3) is 0 Å². The fourth-order valence-corrected chi connectivity index (χ4v) is 1.38. The van der Waals surface area contributed by atoms with Crippen LogP contribution in [-0.4, -0.2) is 32.1 Å². The summed E-state index contributed by atoms with van der Waals surface area (Å²) in [5.41, 5.74) is 0. The van der Waals surface area contributed by atoms with Crippen LogP contribution in [-0.2, 0) is 9.47 Å². The van der Waals surface area contributed by atoms with Gasteiger partial charge in [0.2, 0.25) is 0 Å². The first-order valence-corrected chi connectivity index (χ1v) is 4.84. The van der Waals surface area contributed by atoms with E-state index in [2.05, 4.69) is 0 Å². The smallest absolute Gasteiger partial charge is 0.381 e. The molecule has 0 saturated carbocycles. The normalized spacial score (nSPS) is 22.9. The molecule has 1 atom stereocenters. The summed E-state index contributed by atoms with van der Waals surface area (Å²) in [6, 6.07) is 0. The Morgan fingerprint density at radius 2 is 2.07 bits per heavy atom. The van der Waals surface area contributed by atoms with Gasteiger partial charge in [0.1, 0.15) is 0 Å². The van der Waals surface area contributed by atoms with Crippen molar-refractivity contribution in [2.45, 2.75) is 38.0 Å². The molecule has 2 nitrogen and oxygen atoms in total. The zero-order valence-corrected chi connectivity index (χ0v) is 7.98. The van der Waals surface area contributed by atoms with Gasteiger partial charge in [-0.05, 0) is 19.3 Å². The number of alkyl halides is 3. The van der Waals surface area contributed by atoms with E-state index in [9.17, 15) is 13.2 Å². The number of ether oxygens (including phenoxy) is 2. The molecular weight excluding hydrogens is 197 g/mol. The van der Waals surface area contributed by atoms with Crippen LogP contribution in [0.1, 0.15) is 25.7 Å². The lowest BCUT2D eigenvalue weighted by atomic mass is 10.2. The predicted octanol–water partition coefficient (Wildman–Crippen LogP) is 2.52. The van der Waals surface area contributed by atoms with Crippen molar-refractivity contribution in [3.8, 4) is 0 Å². The second-order valence-corrected chi connectivity index (χ2v) is 3.40. The van der Waals surface area contributed by atoms with Crippen LogP contribution in [0.4, 0.5) is 13.2 Å². The van der Waals surface area contributed by atoms with Gasteiger partial charge in [0, 0.05) is 13.2 Å². The molecule has 1 unspecified atom stereocenters. The maximum Gasteiger partial charge on any atom is 0.391 e. The quantitative estimate of drug-likeness (QED) is 0.652. The zero-order chi connectivity index (χ0) is 10.4. The van der Waals surface area contributed by atoms with Gasteiger partial charge in [-0.3, -0.25) is 0 Å². The van der Waals surface area contributed by atoms with Crippen molar-refractivity contribution in [3.63, 3.8) is 0 Å². The molecule has 1 rings (SSSR count). The number of halogens is 3. The van der Waals surface area contributed by atoms with E-state index in [1.807, 2.05) is 0 Å². The van der Waals surface area contributed by atoms with Gasteiger partial charge in [-0.1, -0.05) is 0 Å². The van der Waals surface area contributed by atoms with Crippen molar-refractivity contribution in [3.05, 3.63) is 0 Å². The van der Waals surface area contributed by atoms with Crippen LogP contribution in [0.5, 0.6) is 0 Å². The Morgan fingerprint density at radius 3 is 2.64 bits per heavy atom. The summed E-state index contributed by atoms with van der Waals surface area (Å²) in [7, 11) is 0. The van der Waals surface area contributed by atoms with Crippen molar-refractivity contribution < 1.29 is 22.6 Å². The SMILES string of the molecule is FC(F)(F)CCOCCC1CCCO1. The van der Waals surface area contributed by atoms with E-state index in [0.29, 0.717) is 13.0 Å². The highest BCUT2D eigenvalue weighted by Gasteiger charge is 2.26. The van der Waals surface area contributed by atoms with Crippen molar-refractivity contribution in [2.75, 3.05) is 19.8 Å². The van der Waals surface area contributed by atoms with Crippen molar-refractivity contribution >= 4 is 0 Å². The lowest BCUT2D eigenvalue weighted by molar-refractivity contribution is -0.145. The minimum absolute atomic E-state index is 0.195. The van der Waals surface area contributed by atoms with E-state index >= 15 is 0 Å². The fraction of sp³-hybridized carbons (Fsp3) is 1.00. The molecular formula is C9H15F3O2. The highest BCUT2D eigenvalue weighted by atomic mass is 19.4. The molecule has 0 amide bonds. The minimum Gasteiger partial charge on any atom is -0.381 e. The molecule has 0 bridgehead atoms. The summed E-state index contributed by atoms with van der Waals surface area (Å²) in [5.74, 6) is 0. The molecule has 0 aliphatic carbocycles. The van der Waals surface area contributed by atoms with Crippen LogP contribution in [0.15, 0.2) is 0 Å². The third-order valence-electron chi connectivity index (χ3n) is 2.14. The Bertz CT molecular complexity index is 153. The first-order chi connectivity index (χ1) is 6.58. The van der Waals surface area contributed by atoms with E-state index < -0.39 is 12.6 Å². The van der Waals surface area contributed by atoms with Crippen LogP contribution < -0.4 is 0 Å². The summed E-state index contributed by atoms with van der Waals surface area (Å²) < 4.78 is 45.2. The molecule has 0 N–H and O–H groups in total. The largest absolute Gasteiger partial charge is 0.391 e. The number of hydrogen-bond donors (Lipinski definition) is 0. The summed E-state index contributed by atoms with van der Waals surface area (Å²) in [6.45, 7) is 0.893. The maximum absolute atomic E-state index is 11.7. The molecule has 1 aliphatic heterocycles. The second-order valence-electron chi connectivity index (χ2n) is 3.40. The maximum atomic E-state index is 11.7. The molecule has 1 saturated heterocycles. The van der Waals surface area contributed by atoms with Crippen molar-refractivity contribution in [2.24, 2.45) is 0 Å². The van der Waals surface area contributed by atoms with Crippen LogP contribution in [0, 0.1) is 0 Å². The zero-order valence-electron chi connectivity index (χ0n) is 7.98. The van der Waals surface area contributed by atoms with Crippen molar-refractivity contribution in [1.29, 1.82) is 0 Å². The average molecular weight is 212 g/mol. The lowest BCUT2D eigenvalue weighted by Crippen LogP contribution is -2.14. The Labute approximate surface area is 81.4 Å². The van der Waals surface area contributed by atoms with Crippen molar-refractivity contribution in [1.82, 2.24) is 0 Å². The summed E-state index contributed by atoms with van der Waals surface area (Å²) in [6.07, 6.45) is -2.02. The van der Waals surface area contributed by atoms with Gasteiger partial charge in [-0.15, -0.1) is 0 Å². The molecule has 0 radical (unpaired) electrons. The van der Waals surface area contributed by atoms with E-state index in [4.69, 9.17) is 9.47 Å². The van der Waals surface area contributed by atoms with E-state index in [1.54, 1.807) is 0 Å². The predicted molar refractivity (Wildman–Crippen MR) is 45.1 cm³/mol. The second kappa shape index (κ2) is 5.56. The minimum atomic E-state index is -4.11.